The molecule has 0 bridgehead atoms. The van der Waals surface area contributed by atoms with Crippen molar-refractivity contribution < 1.29 is 14.3 Å². The SMILES string of the molecule is CCCN1CC[C@H](NC(=O)C2CCN(C(=O)c3ccc(OC)cc3)CC2)C1. The number of methoxy groups -OCH3 is 1. The van der Waals surface area contributed by atoms with Crippen LogP contribution in [0.3, 0.4) is 0 Å². The van der Waals surface area contributed by atoms with Gasteiger partial charge in [-0.3, -0.25) is 9.59 Å². The number of rotatable bonds is 6. The molecule has 1 aromatic carbocycles. The molecule has 2 saturated heterocycles. The van der Waals surface area contributed by atoms with Gasteiger partial charge < -0.3 is 19.9 Å². The highest BCUT2D eigenvalue weighted by Gasteiger charge is 2.30. The summed E-state index contributed by atoms with van der Waals surface area (Å²) in [4.78, 5) is 29.5. The molecule has 2 heterocycles. The minimum absolute atomic E-state index is 0.0187. The van der Waals surface area contributed by atoms with E-state index in [-0.39, 0.29) is 23.8 Å². The van der Waals surface area contributed by atoms with Crippen LogP contribution >= 0.6 is 0 Å². The predicted octanol–water partition coefficient (Wildman–Crippen LogP) is 2.15. The third-order valence-corrected chi connectivity index (χ3v) is 5.65. The summed E-state index contributed by atoms with van der Waals surface area (Å²) in [5.74, 6) is 0.953. The molecular formula is C21H31N3O3. The lowest BCUT2D eigenvalue weighted by Gasteiger charge is -2.32. The highest BCUT2D eigenvalue weighted by molar-refractivity contribution is 5.94. The number of piperidine rings is 1. The molecule has 2 aliphatic heterocycles. The Hall–Kier alpha value is -2.08. The Balaban J connectivity index is 1.45. The van der Waals surface area contributed by atoms with Crippen molar-refractivity contribution in [2.75, 3.05) is 39.8 Å². The number of hydrogen-bond donors (Lipinski definition) is 1. The number of carbonyl (C=O) groups excluding carboxylic acids is 2. The molecule has 2 aliphatic rings. The Morgan fingerprint density at radius 3 is 2.44 bits per heavy atom. The van der Waals surface area contributed by atoms with Crippen molar-refractivity contribution >= 4 is 11.8 Å². The summed E-state index contributed by atoms with van der Waals surface area (Å²) in [6.45, 7) is 6.61. The van der Waals surface area contributed by atoms with Gasteiger partial charge in [0.25, 0.3) is 5.91 Å². The molecule has 0 aromatic heterocycles. The molecule has 27 heavy (non-hydrogen) atoms. The maximum absolute atomic E-state index is 12.6. The zero-order valence-corrected chi connectivity index (χ0v) is 16.4. The van der Waals surface area contributed by atoms with Crippen molar-refractivity contribution in [1.82, 2.24) is 15.1 Å². The van der Waals surface area contributed by atoms with E-state index in [4.69, 9.17) is 4.74 Å². The first kappa shape index (κ1) is 19.7. The summed E-state index contributed by atoms with van der Waals surface area (Å²) in [7, 11) is 1.61. The van der Waals surface area contributed by atoms with E-state index in [0.29, 0.717) is 18.7 Å². The normalized spacial score (nSPS) is 21.3. The molecule has 1 N–H and O–H groups in total. The van der Waals surface area contributed by atoms with Crippen molar-refractivity contribution in [3.8, 4) is 5.75 Å². The van der Waals surface area contributed by atoms with Gasteiger partial charge in [-0.2, -0.15) is 0 Å². The zero-order valence-electron chi connectivity index (χ0n) is 16.4. The molecule has 1 atom stereocenters. The second-order valence-corrected chi connectivity index (χ2v) is 7.59. The van der Waals surface area contributed by atoms with Gasteiger partial charge in [0.15, 0.2) is 0 Å². The maximum atomic E-state index is 12.6. The van der Waals surface area contributed by atoms with E-state index < -0.39 is 0 Å². The molecule has 148 valence electrons. The quantitative estimate of drug-likeness (QED) is 0.830. The number of amides is 2. The fraction of sp³-hybridized carbons (Fsp3) is 0.619. The van der Waals surface area contributed by atoms with E-state index >= 15 is 0 Å². The molecule has 0 spiro atoms. The van der Waals surface area contributed by atoms with E-state index in [1.807, 2.05) is 4.90 Å². The van der Waals surface area contributed by atoms with E-state index in [9.17, 15) is 9.59 Å². The number of benzene rings is 1. The number of carbonyl (C=O) groups is 2. The van der Waals surface area contributed by atoms with Gasteiger partial charge in [0.05, 0.1) is 7.11 Å². The third kappa shape index (κ3) is 5.01. The summed E-state index contributed by atoms with van der Waals surface area (Å²) >= 11 is 0. The zero-order chi connectivity index (χ0) is 19.2. The lowest BCUT2D eigenvalue weighted by atomic mass is 9.95. The Labute approximate surface area is 161 Å². The van der Waals surface area contributed by atoms with Crippen LogP contribution < -0.4 is 10.1 Å². The largest absolute Gasteiger partial charge is 0.497 e. The minimum atomic E-state index is 0.0187. The molecule has 2 amide bonds. The van der Waals surface area contributed by atoms with Gasteiger partial charge in [-0.05, 0) is 56.5 Å². The molecule has 1 aromatic rings. The molecule has 6 heteroatoms. The van der Waals surface area contributed by atoms with Crippen LogP contribution in [0.4, 0.5) is 0 Å². The molecule has 0 unspecified atom stereocenters. The molecule has 0 saturated carbocycles. The average Bonchev–Trinajstić information content (AvgIpc) is 3.15. The summed E-state index contributed by atoms with van der Waals surface area (Å²) < 4.78 is 5.14. The molecule has 2 fully saturated rings. The molecule has 0 radical (unpaired) electrons. The fourth-order valence-electron chi connectivity index (χ4n) is 4.05. The number of hydrogen-bond acceptors (Lipinski definition) is 4. The van der Waals surface area contributed by atoms with E-state index in [1.165, 1.54) is 0 Å². The minimum Gasteiger partial charge on any atom is -0.497 e. The Morgan fingerprint density at radius 2 is 1.81 bits per heavy atom. The van der Waals surface area contributed by atoms with Crippen LogP contribution in [0, 0.1) is 5.92 Å². The van der Waals surface area contributed by atoms with Crippen LogP contribution in [0.25, 0.3) is 0 Å². The predicted molar refractivity (Wildman–Crippen MR) is 105 cm³/mol. The Morgan fingerprint density at radius 1 is 1.11 bits per heavy atom. The molecule has 0 aliphatic carbocycles. The van der Waals surface area contributed by atoms with Gasteiger partial charge in [0.2, 0.25) is 5.91 Å². The smallest absolute Gasteiger partial charge is 0.253 e. The fourth-order valence-corrected chi connectivity index (χ4v) is 4.05. The number of ether oxygens (including phenoxy) is 1. The molecule has 6 nitrogen and oxygen atoms in total. The first-order valence-electron chi connectivity index (χ1n) is 10.1. The summed E-state index contributed by atoms with van der Waals surface area (Å²) in [5.41, 5.74) is 0.667. The summed E-state index contributed by atoms with van der Waals surface area (Å²) in [6.07, 6.45) is 3.67. The second-order valence-electron chi connectivity index (χ2n) is 7.59. The number of likely N-dealkylation sites (tertiary alicyclic amines) is 2. The first-order valence-corrected chi connectivity index (χ1v) is 10.1. The highest BCUT2D eigenvalue weighted by Crippen LogP contribution is 2.21. The van der Waals surface area contributed by atoms with Crippen LogP contribution in [0.1, 0.15) is 43.0 Å². The first-order chi connectivity index (χ1) is 13.1. The average molecular weight is 373 g/mol. The maximum Gasteiger partial charge on any atom is 0.253 e. The number of nitrogens with one attached hydrogen (secondary N) is 1. The standard InChI is InChI=1S/C21H31N3O3/c1-3-11-23-12-10-18(15-23)22-20(25)16-8-13-24(14-9-16)21(26)17-4-6-19(27-2)7-5-17/h4-7,16,18H,3,8-15H2,1-2H3,(H,22,25)/t18-/m0/s1. The van der Waals surface area contributed by atoms with Crippen LogP contribution in [0.15, 0.2) is 24.3 Å². The van der Waals surface area contributed by atoms with Gasteiger partial charge in [-0.25, -0.2) is 0 Å². The topological polar surface area (TPSA) is 61.9 Å². The van der Waals surface area contributed by atoms with Crippen molar-refractivity contribution in [2.45, 2.75) is 38.6 Å². The van der Waals surface area contributed by atoms with Crippen LogP contribution in [0.2, 0.25) is 0 Å². The van der Waals surface area contributed by atoms with E-state index in [1.54, 1.807) is 31.4 Å². The van der Waals surface area contributed by atoms with E-state index in [0.717, 1.165) is 51.1 Å². The van der Waals surface area contributed by atoms with Crippen molar-refractivity contribution in [1.29, 1.82) is 0 Å². The summed E-state index contributed by atoms with van der Waals surface area (Å²) in [5, 5.41) is 3.23. The van der Waals surface area contributed by atoms with Crippen molar-refractivity contribution in [3.63, 3.8) is 0 Å². The van der Waals surface area contributed by atoms with Crippen LogP contribution in [-0.2, 0) is 4.79 Å². The molecule has 3 rings (SSSR count). The lowest BCUT2D eigenvalue weighted by molar-refractivity contribution is -0.126. The van der Waals surface area contributed by atoms with Crippen LogP contribution in [0.5, 0.6) is 5.75 Å². The van der Waals surface area contributed by atoms with Gasteiger partial charge in [0, 0.05) is 43.7 Å². The number of nitrogens with zero attached hydrogens (tertiary/aromatic N) is 2. The van der Waals surface area contributed by atoms with E-state index in [2.05, 4.69) is 17.1 Å². The lowest BCUT2D eigenvalue weighted by Crippen LogP contribution is -2.46. The monoisotopic (exact) mass is 373 g/mol. The van der Waals surface area contributed by atoms with Gasteiger partial charge >= 0.3 is 0 Å². The van der Waals surface area contributed by atoms with Gasteiger partial charge in [-0.15, -0.1) is 0 Å². The van der Waals surface area contributed by atoms with Gasteiger partial charge in [-0.1, -0.05) is 6.92 Å². The van der Waals surface area contributed by atoms with Crippen molar-refractivity contribution in [3.05, 3.63) is 29.8 Å². The summed E-state index contributed by atoms with van der Waals surface area (Å²) in [6, 6.07) is 7.47. The van der Waals surface area contributed by atoms with Gasteiger partial charge in [0.1, 0.15) is 5.75 Å². The Kier molecular flexibility index (Phi) is 6.72. The molecular weight excluding hydrogens is 342 g/mol. The second kappa shape index (κ2) is 9.22. The third-order valence-electron chi connectivity index (χ3n) is 5.65. The highest BCUT2D eigenvalue weighted by atomic mass is 16.5. The van der Waals surface area contributed by atoms with Crippen molar-refractivity contribution in [2.24, 2.45) is 5.92 Å². The Bertz CT molecular complexity index is 639. The van der Waals surface area contributed by atoms with Crippen LogP contribution in [-0.4, -0.2) is 67.5 Å².